The number of aliphatic hydroxyl groups is 3. The molecule has 6 rings (SSSR count). The number of hydrogen-bond acceptors (Lipinski definition) is 8. The highest BCUT2D eigenvalue weighted by atomic mass is 16.5. The van der Waals surface area contributed by atoms with E-state index >= 15 is 0 Å². The third-order valence-electron chi connectivity index (χ3n) is 10.2. The molecule has 3 aromatic rings. The molecule has 3 amide bonds. The van der Waals surface area contributed by atoms with Gasteiger partial charge in [0.15, 0.2) is 5.60 Å². The lowest BCUT2D eigenvalue weighted by molar-refractivity contribution is -0.138. The molecule has 3 heterocycles. The van der Waals surface area contributed by atoms with Crippen molar-refractivity contribution in [2.24, 2.45) is 5.92 Å². The second-order valence-electron chi connectivity index (χ2n) is 13.5. The number of para-hydroxylation sites is 1. The summed E-state index contributed by atoms with van der Waals surface area (Å²) < 4.78 is 5.79. The lowest BCUT2D eigenvalue weighted by Gasteiger charge is -2.35. The van der Waals surface area contributed by atoms with Gasteiger partial charge in [-0.05, 0) is 99.7 Å². The van der Waals surface area contributed by atoms with E-state index in [1.165, 1.54) is 4.90 Å². The molecule has 11 nitrogen and oxygen atoms in total. The number of anilines is 4. The molecular formula is C40H48N4O7. The number of fused-ring (bicyclic) bond motifs is 2. The molecule has 3 aliphatic rings. The normalized spacial score (nSPS) is 22.1. The lowest BCUT2D eigenvalue weighted by Crippen LogP contribution is -2.49. The van der Waals surface area contributed by atoms with E-state index in [1.807, 2.05) is 55.5 Å². The van der Waals surface area contributed by atoms with E-state index in [1.54, 1.807) is 47.1 Å². The van der Waals surface area contributed by atoms with Crippen LogP contribution in [0.15, 0.2) is 78.9 Å². The van der Waals surface area contributed by atoms with Gasteiger partial charge in [-0.15, -0.1) is 0 Å². The fraction of sp³-hybridized carbons (Fsp3) is 0.425. The van der Waals surface area contributed by atoms with Gasteiger partial charge in [-0.3, -0.25) is 24.2 Å². The van der Waals surface area contributed by atoms with Gasteiger partial charge in [0.2, 0.25) is 11.8 Å². The smallest absolute Gasteiger partial charge is 0.268 e. The summed E-state index contributed by atoms with van der Waals surface area (Å²) in [4.78, 5) is 46.5. The molecule has 51 heavy (non-hydrogen) atoms. The number of rotatable bonds is 14. The second-order valence-corrected chi connectivity index (χ2v) is 13.5. The number of benzene rings is 3. The zero-order chi connectivity index (χ0) is 36.1. The molecule has 0 spiro atoms. The van der Waals surface area contributed by atoms with E-state index < -0.39 is 23.5 Å². The van der Waals surface area contributed by atoms with Crippen LogP contribution in [0.2, 0.25) is 0 Å². The van der Waals surface area contributed by atoms with Crippen molar-refractivity contribution >= 4 is 40.5 Å². The van der Waals surface area contributed by atoms with E-state index in [9.17, 15) is 29.7 Å². The van der Waals surface area contributed by atoms with E-state index in [4.69, 9.17) is 4.74 Å². The molecule has 1 unspecified atom stereocenters. The first-order valence-electron chi connectivity index (χ1n) is 18.0. The fourth-order valence-electron chi connectivity index (χ4n) is 7.54. The summed E-state index contributed by atoms with van der Waals surface area (Å²) in [6.45, 7) is 5.33. The van der Waals surface area contributed by atoms with Crippen molar-refractivity contribution in [3.8, 4) is 5.75 Å². The Morgan fingerprint density at radius 1 is 1.02 bits per heavy atom. The first kappa shape index (κ1) is 36.2. The van der Waals surface area contributed by atoms with Gasteiger partial charge in [-0.2, -0.15) is 0 Å². The minimum Gasteiger partial charge on any atom is -0.494 e. The first-order valence-corrected chi connectivity index (χ1v) is 18.0. The van der Waals surface area contributed by atoms with Gasteiger partial charge in [0.25, 0.3) is 5.91 Å². The van der Waals surface area contributed by atoms with Crippen molar-refractivity contribution in [1.29, 1.82) is 0 Å². The Morgan fingerprint density at radius 3 is 2.55 bits per heavy atom. The Hall–Kier alpha value is -4.55. The van der Waals surface area contributed by atoms with Crippen molar-refractivity contribution in [2.45, 2.75) is 70.1 Å². The first-order chi connectivity index (χ1) is 24.7. The van der Waals surface area contributed by atoms with Crippen LogP contribution < -0.4 is 19.9 Å². The standard InChI is InChI=1S/C40H48N4O7/c1-3-51-32-17-19-35-28(23-32)24-34(41-20-7-8-22-45)38(48)43(35)30-16-18-36-33(25-30)40(50,39(49)44(36)29-12-5-4-6-13-29)27(2)11-9-15-37(47)42-21-10-14-31(42)26-46/h4-6,9,11-13,16-19,23,25,27,31,34,41,45-46,50H,3,7-8,10,14-15,20-22,24,26H2,1-2H3/b11-9+/t27-,31-,34?,40+/m0/s1. The SMILES string of the molecule is CCOc1ccc2c(c1)CC(NCCCCO)C(=O)N2c1ccc2c(c1)[C@](O)([C@@H](C)/C=C/CC(=O)N1CCC[C@H]1CO)C(=O)N2c1ccccc1. The van der Waals surface area contributed by atoms with Gasteiger partial charge < -0.3 is 30.3 Å². The summed E-state index contributed by atoms with van der Waals surface area (Å²) in [6.07, 6.45) is 6.88. The van der Waals surface area contributed by atoms with Crippen LogP contribution in [-0.2, 0) is 26.4 Å². The Balaban J connectivity index is 1.38. The predicted octanol–water partition coefficient (Wildman–Crippen LogP) is 4.47. The summed E-state index contributed by atoms with van der Waals surface area (Å²) in [6, 6.07) is 19.4. The maximum absolute atomic E-state index is 14.4. The quantitative estimate of drug-likeness (QED) is 0.143. The summed E-state index contributed by atoms with van der Waals surface area (Å²) >= 11 is 0. The number of amides is 3. The summed E-state index contributed by atoms with van der Waals surface area (Å²) in [5, 5.41) is 34.9. The summed E-state index contributed by atoms with van der Waals surface area (Å²) in [5.41, 5.74) is 1.56. The average Bonchev–Trinajstić information content (AvgIpc) is 3.71. The molecule has 4 N–H and O–H groups in total. The van der Waals surface area contributed by atoms with Crippen molar-refractivity contribution in [3.05, 3.63) is 90.0 Å². The third-order valence-corrected chi connectivity index (χ3v) is 10.2. The molecule has 0 aliphatic carbocycles. The zero-order valence-corrected chi connectivity index (χ0v) is 29.3. The van der Waals surface area contributed by atoms with Gasteiger partial charge in [0.1, 0.15) is 5.75 Å². The van der Waals surface area contributed by atoms with Crippen LogP contribution in [0.1, 0.15) is 57.1 Å². The van der Waals surface area contributed by atoms with Gasteiger partial charge in [-0.25, -0.2) is 0 Å². The molecule has 3 aromatic carbocycles. The topological polar surface area (TPSA) is 143 Å². The van der Waals surface area contributed by atoms with E-state index in [-0.39, 0.29) is 37.5 Å². The van der Waals surface area contributed by atoms with Gasteiger partial charge in [0, 0.05) is 42.4 Å². The number of likely N-dealkylation sites (tertiary alicyclic amines) is 1. The lowest BCUT2D eigenvalue weighted by atomic mass is 9.82. The van der Waals surface area contributed by atoms with Gasteiger partial charge in [0.05, 0.1) is 36.7 Å². The van der Waals surface area contributed by atoms with E-state index in [0.717, 1.165) is 18.4 Å². The molecule has 0 radical (unpaired) electrons. The molecule has 11 heteroatoms. The number of carbonyl (C=O) groups is 3. The highest BCUT2D eigenvalue weighted by molar-refractivity contribution is 6.13. The minimum absolute atomic E-state index is 0.0766. The van der Waals surface area contributed by atoms with Crippen LogP contribution in [0, 0.1) is 5.92 Å². The number of ether oxygens (including phenoxy) is 1. The molecule has 1 fully saturated rings. The van der Waals surface area contributed by atoms with Crippen molar-refractivity contribution < 1.29 is 34.4 Å². The van der Waals surface area contributed by atoms with Crippen LogP contribution in [0.5, 0.6) is 5.75 Å². The summed E-state index contributed by atoms with van der Waals surface area (Å²) in [5.74, 6) is -0.848. The van der Waals surface area contributed by atoms with Crippen molar-refractivity contribution in [1.82, 2.24) is 10.2 Å². The molecule has 0 aromatic heterocycles. The Bertz CT molecular complexity index is 1760. The van der Waals surface area contributed by atoms with Crippen LogP contribution in [0.4, 0.5) is 22.7 Å². The molecule has 4 atom stereocenters. The third kappa shape index (κ3) is 7.03. The van der Waals surface area contributed by atoms with Crippen LogP contribution in [0.3, 0.4) is 0 Å². The molecule has 3 aliphatic heterocycles. The number of carbonyl (C=O) groups excluding carboxylic acids is 3. The zero-order valence-electron chi connectivity index (χ0n) is 29.3. The number of aliphatic hydroxyl groups excluding tert-OH is 2. The Labute approximate surface area is 299 Å². The maximum atomic E-state index is 14.4. The summed E-state index contributed by atoms with van der Waals surface area (Å²) in [7, 11) is 0. The number of nitrogens with zero attached hydrogens (tertiary/aromatic N) is 3. The largest absolute Gasteiger partial charge is 0.494 e. The van der Waals surface area contributed by atoms with E-state index in [0.29, 0.717) is 73.0 Å². The van der Waals surface area contributed by atoms with Crippen molar-refractivity contribution in [2.75, 3.05) is 42.7 Å². The maximum Gasteiger partial charge on any atom is 0.268 e. The highest BCUT2D eigenvalue weighted by Gasteiger charge is 2.53. The Morgan fingerprint density at radius 2 is 1.80 bits per heavy atom. The monoisotopic (exact) mass is 696 g/mol. The molecule has 1 saturated heterocycles. The average molecular weight is 697 g/mol. The Kier molecular flexibility index (Phi) is 11.2. The van der Waals surface area contributed by atoms with Crippen LogP contribution in [-0.4, -0.2) is 82.9 Å². The number of hydrogen-bond donors (Lipinski definition) is 4. The van der Waals surface area contributed by atoms with Gasteiger partial charge >= 0.3 is 0 Å². The highest BCUT2D eigenvalue weighted by Crippen LogP contribution is 2.50. The van der Waals surface area contributed by atoms with Crippen molar-refractivity contribution in [3.63, 3.8) is 0 Å². The van der Waals surface area contributed by atoms with Crippen LogP contribution >= 0.6 is 0 Å². The van der Waals surface area contributed by atoms with E-state index in [2.05, 4.69) is 5.32 Å². The molecule has 270 valence electrons. The molecule has 0 saturated carbocycles. The number of unbranched alkanes of at least 4 members (excludes halogenated alkanes) is 1. The predicted molar refractivity (Wildman–Crippen MR) is 195 cm³/mol. The molecular weight excluding hydrogens is 648 g/mol. The minimum atomic E-state index is -2.01. The fourth-order valence-corrected chi connectivity index (χ4v) is 7.54. The number of nitrogens with one attached hydrogen (secondary N) is 1. The van der Waals surface area contributed by atoms with Crippen LogP contribution in [0.25, 0.3) is 0 Å². The van der Waals surface area contributed by atoms with Gasteiger partial charge in [-0.1, -0.05) is 37.3 Å². The molecule has 0 bridgehead atoms. The second kappa shape index (κ2) is 15.8.